The molecule has 4 N–H and O–H groups in total. The van der Waals surface area contributed by atoms with Gasteiger partial charge in [-0.2, -0.15) is 0 Å². The van der Waals surface area contributed by atoms with E-state index in [0.29, 0.717) is 11.0 Å². The quantitative estimate of drug-likeness (QED) is 0.390. The Hall–Kier alpha value is -2.20. The third-order valence-electron chi connectivity index (χ3n) is 2.41. The fourth-order valence-corrected chi connectivity index (χ4v) is 1.65. The molecule has 1 rings (SSSR count). The Labute approximate surface area is 127 Å². The monoisotopic (exact) mass is 319 g/mol. The van der Waals surface area contributed by atoms with Gasteiger partial charge in [0.15, 0.2) is 0 Å². The Bertz CT molecular complexity index is 428. The molecule has 126 valence electrons. The van der Waals surface area contributed by atoms with Crippen LogP contribution in [-0.2, 0) is 14.4 Å². The van der Waals surface area contributed by atoms with E-state index in [1.165, 1.54) is 0 Å². The van der Waals surface area contributed by atoms with Crippen LogP contribution >= 0.6 is 0 Å². The lowest BCUT2D eigenvalue weighted by atomic mass is 10.2. The fourth-order valence-electron chi connectivity index (χ4n) is 1.65. The zero-order valence-corrected chi connectivity index (χ0v) is 12.7. The molecular weight excluding hydrogens is 298 g/mol. The molecule has 1 saturated heterocycles. The molecule has 0 aromatic carbocycles. The number of carboxylic acids is 2. The molecular formula is C12H21N3O7. The molecule has 2 atom stereocenters. The van der Waals surface area contributed by atoms with Crippen LogP contribution in [0.2, 0.25) is 0 Å². The minimum absolute atomic E-state index is 0.207. The summed E-state index contributed by atoms with van der Waals surface area (Å²) in [6, 6.07) is -1.84. The summed E-state index contributed by atoms with van der Waals surface area (Å²) in [5.41, 5.74) is 0. The standard InChI is InChI=1S/C7H15NO3.C5H6N2O4/c1-8(2,3)5-6(9)4-7(10)11;8-3-1-2(4(9)10)6-5(11)7-3/h6,9H,4-5H2,1-3H3;2H,1H2,(H,9,10)(H2,6,7,8,11). The summed E-state index contributed by atoms with van der Waals surface area (Å²) in [5.74, 6) is -2.97. The highest BCUT2D eigenvalue weighted by Crippen LogP contribution is 1.98. The van der Waals surface area contributed by atoms with Crippen molar-refractivity contribution < 1.29 is 39.0 Å². The third kappa shape index (κ3) is 9.66. The number of urea groups is 1. The first-order valence-corrected chi connectivity index (χ1v) is 6.42. The highest BCUT2D eigenvalue weighted by molar-refractivity contribution is 6.01. The maximum atomic E-state index is 10.6. The summed E-state index contributed by atoms with van der Waals surface area (Å²) in [6.45, 7) is 0.425. The van der Waals surface area contributed by atoms with Crippen LogP contribution in [0.5, 0.6) is 0 Å². The predicted molar refractivity (Wildman–Crippen MR) is 71.2 cm³/mol. The molecule has 22 heavy (non-hydrogen) atoms. The van der Waals surface area contributed by atoms with E-state index >= 15 is 0 Å². The van der Waals surface area contributed by atoms with Crippen molar-refractivity contribution in [3.05, 3.63) is 0 Å². The Kier molecular flexibility index (Phi) is 7.46. The van der Waals surface area contributed by atoms with E-state index in [-0.39, 0.29) is 12.8 Å². The normalized spacial score (nSPS) is 19.2. The largest absolute Gasteiger partial charge is 0.550 e. The van der Waals surface area contributed by atoms with E-state index in [1.54, 1.807) is 0 Å². The van der Waals surface area contributed by atoms with Crippen LogP contribution in [0.1, 0.15) is 12.8 Å². The number of imide groups is 1. The van der Waals surface area contributed by atoms with Gasteiger partial charge in [0.2, 0.25) is 5.91 Å². The second kappa shape index (κ2) is 8.29. The maximum absolute atomic E-state index is 10.6. The van der Waals surface area contributed by atoms with E-state index in [2.05, 4.69) is 5.32 Å². The van der Waals surface area contributed by atoms with Crippen LogP contribution in [0.25, 0.3) is 0 Å². The molecule has 0 aromatic heterocycles. The zero-order chi connectivity index (χ0) is 17.5. The summed E-state index contributed by atoms with van der Waals surface area (Å²) in [7, 11) is 5.66. The number of amides is 3. The molecule has 0 bridgehead atoms. The fraction of sp³-hybridized carbons (Fsp3) is 0.667. The van der Waals surface area contributed by atoms with Crippen LogP contribution in [0.15, 0.2) is 0 Å². The van der Waals surface area contributed by atoms with Crippen molar-refractivity contribution in [3.63, 3.8) is 0 Å². The Morgan fingerprint density at radius 2 is 1.91 bits per heavy atom. The molecule has 1 aliphatic rings. The van der Waals surface area contributed by atoms with Crippen molar-refractivity contribution >= 4 is 23.9 Å². The lowest BCUT2D eigenvalue weighted by molar-refractivity contribution is -0.873. The number of hydrogen-bond donors (Lipinski definition) is 4. The first kappa shape index (κ1) is 19.8. The summed E-state index contributed by atoms with van der Waals surface area (Å²) < 4.78 is 0.550. The van der Waals surface area contributed by atoms with Gasteiger partial charge in [0, 0.05) is 12.4 Å². The van der Waals surface area contributed by atoms with Gasteiger partial charge in [-0.1, -0.05) is 0 Å². The number of likely N-dealkylation sites (N-methyl/N-ethyl adjacent to an activating group) is 1. The predicted octanol–water partition coefficient (Wildman–Crippen LogP) is -3.14. The van der Waals surface area contributed by atoms with Gasteiger partial charge in [0.25, 0.3) is 0 Å². The van der Waals surface area contributed by atoms with Gasteiger partial charge in [-0.15, -0.1) is 0 Å². The van der Waals surface area contributed by atoms with E-state index in [1.807, 2.05) is 26.5 Å². The second-order valence-corrected chi connectivity index (χ2v) is 5.82. The van der Waals surface area contributed by atoms with Crippen LogP contribution in [0, 0.1) is 0 Å². The summed E-state index contributed by atoms with van der Waals surface area (Å²) in [5, 5.41) is 31.5. The molecule has 0 spiro atoms. The number of nitrogens with one attached hydrogen (secondary N) is 2. The van der Waals surface area contributed by atoms with E-state index in [9.17, 15) is 24.3 Å². The molecule has 2 unspecified atom stereocenters. The molecule has 0 aliphatic carbocycles. The Morgan fingerprint density at radius 1 is 1.36 bits per heavy atom. The molecule has 0 saturated carbocycles. The van der Waals surface area contributed by atoms with Gasteiger partial charge in [-0.05, 0) is 0 Å². The number of carbonyl (C=O) groups is 4. The number of nitrogens with zero attached hydrogens (tertiary/aromatic N) is 1. The van der Waals surface area contributed by atoms with Crippen molar-refractivity contribution in [3.8, 4) is 0 Å². The van der Waals surface area contributed by atoms with Gasteiger partial charge in [0.1, 0.15) is 18.7 Å². The first-order valence-electron chi connectivity index (χ1n) is 6.42. The molecule has 0 radical (unpaired) electrons. The van der Waals surface area contributed by atoms with E-state index in [4.69, 9.17) is 10.2 Å². The highest BCUT2D eigenvalue weighted by Gasteiger charge is 2.28. The van der Waals surface area contributed by atoms with E-state index < -0.39 is 36.0 Å². The van der Waals surface area contributed by atoms with Crippen LogP contribution in [0.3, 0.4) is 0 Å². The minimum Gasteiger partial charge on any atom is -0.550 e. The third-order valence-corrected chi connectivity index (χ3v) is 2.41. The number of carboxylic acid groups (broad SMARTS) is 2. The topological polar surface area (TPSA) is 156 Å². The number of hydrogen-bond acceptors (Lipinski definition) is 6. The number of aliphatic hydroxyl groups is 1. The number of aliphatic hydroxyl groups excluding tert-OH is 1. The summed E-state index contributed by atoms with van der Waals surface area (Å²) >= 11 is 0. The van der Waals surface area contributed by atoms with Crippen LogP contribution < -0.4 is 15.7 Å². The lowest BCUT2D eigenvalue weighted by Crippen LogP contribution is -2.55. The summed E-state index contributed by atoms with van der Waals surface area (Å²) in [6.07, 6.45) is -1.30. The van der Waals surface area contributed by atoms with Crippen LogP contribution in [0.4, 0.5) is 4.79 Å². The molecule has 1 aliphatic heterocycles. The van der Waals surface area contributed by atoms with Crippen LogP contribution in [-0.4, -0.2) is 78.4 Å². The number of quaternary nitrogens is 1. The van der Waals surface area contributed by atoms with Crippen molar-refractivity contribution in [2.24, 2.45) is 0 Å². The zero-order valence-electron chi connectivity index (χ0n) is 12.7. The molecule has 10 heteroatoms. The Balaban J connectivity index is 0.000000401. The highest BCUT2D eigenvalue weighted by atomic mass is 16.4. The second-order valence-electron chi connectivity index (χ2n) is 5.82. The van der Waals surface area contributed by atoms with Crippen molar-refractivity contribution in [2.45, 2.75) is 25.0 Å². The molecule has 0 aromatic rings. The molecule has 1 fully saturated rings. The summed E-state index contributed by atoms with van der Waals surface area (Å²) in [4.78, 5) is 41.3. The smallest absolute Gasteiger partial charge is 0.326 e. The average molecular weight is 319 g/mol. The SMILES string of the molecule is C[N+](C)(C)CC(O)CC(=O)[O-].O=C1CC(C(=O)O)NC(=O)N1. The first-order chi connectivity index (χ1) is 9.90. The molecule has 10 nitrogen and oxygen atoms in total. The van der Waals surface area contributed by atoms with Gasteiger partial charge in [-0.3, -0.25) is 10.1 Å². The van der Waals surface area contributed by atoms with Gasteiger partial charge >= 0.3 is 12.0 Å². The van der Waals surface area contributed by atoms with Crippen molar-refractivity contribution in [2.75, 3.05) is 27.7 Å². The number of carbonyl (C=O) groups excluding carboxylic acids is 3. The van der Waals surface area contributed by atoms with Crippen molar-refractivity contribution in [1.29, 1.82) is 0 Å². The Morgan fingerprint density at radius 3 is 2.27 bits per heavy atom. The minimum atomic E-state index is -1.20. The van der Waals surface area contributed by atoms with Gasteiger partial charge in [-0.25, -0.2) is 9.59 Å². The maximum Gasteiger partial charge on any atom is 0.326 e. The molecule has 1 heterocycles. The van der Waals surface area contributed by atoms with Gasteiger partial charge in [0.05, 0.1) is 27.6 Å². The average Bonchev–Trinajstić information content (AvgIpc) is 2.24. The number of aliphatic carboxylic acids is 2. The lowest BCUT2D eigenvalue weighted by Gasteiger charge is -2.26. The molecule has 3 amide bonds. The van der Waals surface area contributed by atoms with Gasteiger partial charge < -0.3 is 29.9 Å². The van der Waals surface area contributed by atoms with E-state index in [0.717, 1.165) is 0 Å². The number of rotatable bonds is 5. The van der Waals surface area contributed by atoms with Crippen molar-refractivity contribution in [1.82, 2.24) is 10.6 Å².